The molecular formula is C7H11BrN4S. The van der Waals surface area contributed by atoms with Gasteiger partial charge in [-0.25, -0.2) is 4.98 Å². The third-order valence-corrected chi connectivity index (χ3v) is 2.32. The van der Waals surface area contributed by atoms with Gasteiger partial charge in [-0.15, -0.1) is 0 Å². The van der Waals surface area contributed by atoms with E-state index in [1.807, 2.05) is 0 Å². The summed E-state index contributed by atoms with van der Waals surface area (Å²) in [5.74, 6) is 2.06. The Labute approximate surface area is 89.8 Å². The quantitative estimate of drug-likeness (QED) is 0.638. The number of nitrogens with two attached hydrogens (primary N) is 1. The lowest BCUT2D eigenvalue weighted by atomic mass is 10.6. The van der Waals surface area contributed by atoms with Gasteiger partial charge in [0.2, 0.25) is 5.95 Å². The average molecular weight is 263 g/mol. The van der Waals surface area contributed by atoms with E-state index in [9.17, 15) is 0 Å². The molecule has 13 heavy (non-hydrogen) atoms. The highest BCUT2D eigenvalue weighted by Crippen LogP contribution is 2.11. The maximum Gasteiger partial charge on any atom is 0.225 e. The topological polar surface area (TPSA) is 63.8 Å². The van der Waals surface area contributed by atoms with Gasteiger partial charge in [0, 0.05) is 18.4 Å². The maximum absolute atomic E-state index is 5.54. The Kier molecular flexibility index (Phi) is 4.31. The minimum absolute atomic E-state index is 0.466. The molecule has 0 aromatic carbocycles. The Bertz CT molecular complexity index is 261. The van der Waals surface area contributed by atoms with Crippen molar-refractivity contribution in [1.29, 1.82) is 0 Å². The van der Waals surface area contributed by atoms with E-state index in [0.29, 0.717) is 16.4 Å². The lowest BCUT2D eigenvalue weighted by Gasteiger charge is -2.04. The van der Waals surface area contributed by atoms with Crippen molar-refractivity contribution >= 4 is 39.5 Å². The Morgan fingerprint density at radius 1 is 1.62 bits per heavy atom. The summed E-state index contributed by atoms with van der Waals surface area (Å²) in [6, 6.07) is 1.67. The van der Waals surface area contributed by atoms with Gasteiger partial charge in [-0.1, -0.05) is 0 Å². The zero-order valence-electron chi connectivity index (χ0n) is 7.25. The molecule has 0 atom stereocenters. The lowest BCUT2D eigenvalue weighted by Crippen LogP contribution is -2.08. The van der Waals surface area contributed by atoms with Gasteiger partial charge < -0.3 is 11.1 Å². The number of halogens is 1. The van der Waals surface area contributed by atoms with E-state index in [0.717, 1.165) is 12.3 Å². The molecule has 0 aliphatic rings. The Morgan fingerprint density at radius 2 is 2.38 bits per heavy atom. The van der Waals surface area contributed by atoms with Crippen LogP contribution in [0.4, 0.5) is 11.8 Å². The summed E-state index contributed by atoms with van der Waals surface area (Å²) in [5, 5.41) is 3.07. The summed E-state index contributed by atoms with van der Waals surface area (Å²) >= 11 is 5.01. The fraction of sp³-hybridized carbons (Fsp3) is 0.429. The minimum atomic E-state index is 0.466. The highest BCUT2D eigenvalue weighted by molar-refractivity contribution is 9.10. The van der Waals surface area contributed by atoms with Gasteiger partial charge in [0.25, 0.3) is 0 Å². The first-order valence-electron chi connectivity index (χ1n) is 3.75. The predicted molar refractivity (Wildman–Crippen MR) is 61.0 cm³/mol. The van der Waals surface area contributed by atoms with E-state index >= 15 is 0 Å². The Morgan fingerprint density at radius 3 is 3.00 bits per heavy atom. The molecule has 0 radical (unpaired) electrons. The smallest absolute Gasteiger partial charge is 0.225 e. The molecule has 0 saturated heterocycles. The zero-order chi connectivity index (χ0) is 9.68. The number of nitrogens with one attached hydrogen (secondary N) is 1. The van der Waals surface area contributed by atoms with Crippen LogP contribution in [0.15, 0.2) is 10.7 Å². The molecule has 1 aromatic heterocycles. The molecule has 0 bridgehead atoms. The van der Waals surface area contributed by atoms with Crippen LogP contribution < -0.4 is 11.1 Å². The van der Waals surface area contributed by atoms with Crippen molar-refractivity contribution in [2.75, 3.05) is 29.6 Å². The third kappa shape index (κ3) is 3.82. The van der Waals surface area contributed by atoms with Gasteiger partial charge in [0.15, 0.2) is 0 Å². The van der Waals surface area contributed by atoms with E-state index in [2.05, 4.69) is 37.5 Å². The molecule has 1 heterocycles. The van der Waals surface area contributed by atoms with Crippen molar-refractivity contribution in [1.82, 2.24) is 9.97 Å². The number of nitrogen functional groups attached to an aromatic ring is 1. The van der Waals surface area contributed by atoms with Crippen molar-refractivity contribution in [2.24, 2.45) is 0 Å². The monoisotopic (exact) mass is 262 g/mol. The Balaban J connectivity index is 2.56. The second-order valence-electron chi connectivity index (χ2n) is 2.36. The van der Waals surface area contributed by atoms with Gasteiger partial charge in [0.05, 0.1) is 0 Å². The first-order chi connectivity index (χ1) is 6.22. The highest BCUT2D eigenvalue weighted by Gasteiger charge is 1.98. The number of thioether (sulfide) groups is 1. The normalized spacial score (nSPS) is 10.0. The van der Waals surface area contributed by atoms with Gasteiger partial charge in [-0.05, 0) is 22.2 Å². The summed E-state index contributed by atoms with van der Waals surface area (Å²) in [6.07, 6.45) is 2.05. The molecule has 1 aromatic rings. The highest BCUT2D eigenvalue weighted by atomic mass is 79.9. The van der Waals surface area contributed by atoms with E-state index in [1.54, 1.807) is 17.8 Å². The fourth-order valence-corrected chi connectivity index (χ4v) is 1.49. The van der Waals surface area contributed by atoms with E-state index in [-0.39, 0.29) is 0 Å². The van der Waals surface area contributed by atoms with Gasteiger partial charge in [-0.3, -0.25) is 0 Å². The van der Waals surface area contributed by atoms with Gasteiger partial charge in [-0.2, -0.15) is 16.7 Å². The van der Waals surface area contributed by atoms with Crippen molar-refractivity contribution in [2.45, 2.75) is 0 Å². The lowest BCUT2D eigenvalue weighted by molar-refractivity contribution is 1.08. The summed E-state index contributed by atoms with van der Waals surface area (Å²) in [4.78, 5) is 8.13. The average Bonchev–Trinajstić information content (AvgIpc) is 2.03. The molecule has 1 rings (SSSR count). The summed E-state index contributed by atoms with van der Waals surface area (Å²) < 4.78 is 0.701. The first-order valence-corrected chi connectivity index (χ1v) is 5.94. The van der Waals surface area contributed by atoms with Crippen molar-refractivity contribution in [3.8, 4) is 0 Å². The van der Waals surface area contributed by atoms with Crippen LogP contribution in [-0.2, 0) is 0 Å². The van der Waals surface area contributed by atoms with E-state index < -0.39 is 0 Å². The number of hydrogen-bond donors (Lipinski definition) is 2. The molecule has 0 aliphatic carbocycles. The molecule has 0 amide bonds. The summed E-state index contributed by atoms with van der Waals surface area (Å²) in [7, 11) is 0. The molecular weight excluding hydrogens is 252 g/mol. The number of anilines is 2. The molecule has 6 heteroatoms. The van der Waals surface area contributed by atoms with Crippen molar-refractivity contribution in [3.05, 3.63) is 10.7 Å². The summed E-state index contributed by atoms with van der Waals surface area (Å²) in [6.45, 7) is 0.844. The maximum atomic E-state index is 5.54. The zero-order valence-corrected chi connectivity index (χ0v) is 9.65. The molecule has 0 spiro atoms. The second-order valence-corrected chi connectivity index (χ2v) is 4.16. The standard InChI is InChI=1S/C7H11BrN4S/c1-13-3-2-10-7-11-5(8)4-6(9)12-7/h4H,2-3H2,1H3,(H3,9,10,11,12). The number of rotatable bonds is 4. The van der Waals surface area contributed by atoms with Crippen LogP contribution in [0.25, 0.3) is 0 Å². The largest absolute Gasteiger partial charge is 0.383 e. The van der Waals surface area contributed by atoms with Crippen LogP contribution in [-0.4, -0.2) is 28.5 Å². The van der Waals surface area contributed by atoms with Crippen LogP contribution in [0.3, 0.4) is 0 Å². The molecule has 0 unspecified atom stereocenters. The molecule has 0 aliphatic heterocycles. The van der Waals surface area contributed by atoms with Crippen LogP contribution in [0.2, 0.25) is 0 Å². The molecule has 3 N–H and O–H groups in total. The van der Waals surface area contributed by atoms with Crippen molar-refractivity contribution in [3.63, 3.8) is 0 Å². The molecule has 4 nitrogen and oxygen atoms in total. The second kappa shape index (κ2) is 5.29. The van der Waals surface area contributed by atoms with Crippen LogP contribution in [0.1, 0.15) is 0 Å². The van der Waals surface area contributed by atoms with Crippen molar-refractivity contribution < 1.29 is 0 Å². The number of aromatic nitrogens is 2. The van der Waals surface area contributed by atoms with Crippen LogP contribution in [0, 0.1) is 0 Å². The molecule has 72 valence electrons. The minimum Gasteiger partial charge on any atom is -0.383 e. The van der Waals surface area contributed by atoms with Crippen LogP contribution >= 0.6 is 27.7 Å². The Hall–Kier alpha value is -0.490. The molecule has 0 fully saturated rings. The molecule has 0 saturated carbocycles. The van der Waals surface area contributed by atoms with E-state index in [1.165, 1.54) is 0 Å². The van der Waals surface area contributed by atoms with Gasteiger partial charge >= 0.3 is 0 Å². The third-order valence-electron chi connectivity index (χ3n) is 1.30. The number of hydrogen-bond acceptors (Lipinski definition) is 5. The number of nitrogens with zero attached hydrogens (tertiary/aromatic N) is 2. The SMILES string of the molecule is CSCCNc1nc(N)cc(Br)n1. The van der Waals surface area contributed by atoms with E-state index in [4.69, 9.17) is 5.73 Å². The predicted octanol–water partition coefficient (Wildman–Crippen LogP) is 1.60. The fourth-order valence-electron chi connectivity index (χ4n) is 0.779. The van der Waals surface area contributed by atoms with Crippen LogP contribution in [0.5, 0.6) is 0 Å². The first kappa shape index (κ1) is 10.6. The van der Waals surface area contributed by atoms with Gasteiger partial charge in [0.1, 0.15) is 10.4 Å². The summed E-state index contributed by atoms with van der Waals surface area (Å²) in [5.41, 5.74) is 5.54.